The van der Waals surface area contributed by atoms with Crippen molar-refractivity contribution in [2.45, 2.75) is 37.9 Å². The van der Waals surface area contributed by atoms with Crippen LogP contribution in [0.25, 0.3) is 10.9 Å². The van der Waals surface area contributed by atoms with E-state index in [2.05, 4.69) is 20.2 Å². The Labute approximate surface area is 136 Å². The standard InChI is InChI=1S/C16H21N5.ClH/c17-16-13-3-1-2-4-14(13)19-15(20-16)10-21-8-7-11-5-6-12(9-21)18-11;/h1-4,11-12,18H,5-10H2,(H2,17,19,20);1H. The van der Waals surface area contributed by atoms with Crippen LogP contribution in [0.15, 0.2) is 24.3 Å². The molecule has 2 aliphatic rings. The zero-order valence-corrected chi connectivity index (χ0v) is 13.4. The molecule has 0 radical (unpaired) electrons. The van der Waals surface area contributed by atoms with Gasteiger partial charge in [0.1, 0.15) is 11.6 Å². The second-order valence-electron chi connectivity index (χ2n) is 6.20. The van der Waals surface area contributed by atoms with Gasteiger partial charge in [-0.1, -0.05) is 12.1 Å². The van der Waals surface area contributed by atoms with E-state index in [4.69, 9.17) is 5.73 Å². The van der Waals surface area contributed by atoms with Crippen molar-refractivity contribution in [3.63, 3.8) is 0 Å². The van der Waals surface area contributed by atoms with Crippen LogP contribution in [0.5, 0.6) is 0 Å². The molecule has 2 aliphatic heterocycles. The van der Waals surface area contributed by atoms with Crippen molar-refractivity contribution < 1.29 is 0 Å². The van der Waals surface area contributed by atoms with Gasteiger partial charge in [0.15, 0.2) is 0 Å². The zero-order chi connectivity index (χ0) is 14.2. The minimum absolute atomic E-state index is 0. The monoisotopic (exact) mass is 319 g/mol. The van der Waals surface area contributed by atoms with Gasteiger partial charge in [0.2, 0.25) is 0 Å². The summed E-state index contributed by atoms with van der Waals surface area (Å²) < 4.78 is 0. The summed E-state index contributed by atoms with van der Waals surface area (Å²) in [5, 5.41) is 4.64. The summed E-state index contributed by atoms with van der Waals surface area (Å²) in [5.74, 6) is 1.43. The lowest BCUT2D eigenvalue weighted by molar-refractivity contribution is 0.245. The molecule has 2 atom stereocenters. The molecule has 4 rings (SSSR count). The first-order valence-corrected chi connectivity index (χ1v) is 7.77. The minimum Gasteiger partial charge on any atom is -0.383 e. The minimum atomic E-state index is 0. The fraction of sp³-hybridized carbons (Fsp3) is 0.500. The van der Waals surface area contributed by atoms with E-state index in [0.717, 1.165) is 36.4 Å². The molecular formula is C16H22ClN5. The summed E-state index contributed by atoms with van der Waals surface area (Å²) in [6.45, 7) is 3.00. The van der Waals surface area contributed by atoms with Crippen LogP contribution in [-0.4, -0.2) is 40.0 Å². The molecule has 5 nitrogen and oxygen atoms in total. The maximum atomic E-state index is 6.07. The number of nitrogens with two attached hydrogens (primary N) is 1. The predicted octanol–water partition coefficient (Wildman–Crippen LogP) is 1.96. The molecule has 6 heteroatoms. The second-order valence-corrected chi connectivity index (χ2v) is 6.20. The first-order valence-electron chi connectivity index (χ1n) is 7.77. The maximum Gasteiger partial charge on any atom is 0.145 e. The highest BCUT2D eigenvalue weighted by molar-refractivity contribution is 5.87. The molecule has 0 amide bonds. The van der Waals surface area contributed by atoms with E-state index in [0.29, 0.717) is 17.9 Å². The van der Waals surface area contributed by atoms with Gasteiger partial charge in [-0.05, 0) is 31.4 Å². The maximum absolute atomic E-state index is 6.07. The van der Waals surface area contributed by atoms with E-state index in [1.807, 2.05) is 24.3 Å². The Morgan fingerprint density at radius 2 is 1.95 bits per heavy atom. The highest BCUT2D eigenvalue weighted by Gasteiger charge is 2.29. The molecule has 22 heavy (non-hydrogen) atoms. The first-order chi connectivity index (χ1) is 10.3. The van der Waals surface area contributed by atoms with Crippen molar-refractivity contribution in [2.24, 2.45) is 0 Å². The quantitative estimate of drug-likeness (QED) is 0.885. The van der Waals surface area contributed by atoms with E-state index in [-0.39, 0.29) is 12.4 Å². The van der Waals surface area contributed by atoms with Gasteiger partial charge >= 0.3 is 0 Å². The number of para-hydroxylation sites is 1. The number of aromatic nitrogens is 2. The molecule has 2 saturated heterocycles. The Bertz CT molecular complexity index is 662. The summed E-state index contributed by atoms with van der Waals surface area (Å²) in [5.41, 5.74) is 7.01. The first kappa shape index (κ1) is 15.5. The summed E-state index contributed by atoms with van der Waals surface area (Å²) in [4.78, 5) is 11.6. The molecule has 1 aromatic carbocycles. The Kier molecular flexibility index (Phi) is 4.47. The molecule has 0 saturated carbocycles. The number of halogens is 1. The highest BCUT2D eigenvalue weighted by Crippen LogP contribution is 2.22. The predicted molar refractivity (Wildman–Crippen MR) is 91.0 cm³/mol. The van der Waals surface area contributed by atoms with Gasteiger partial charge in [0, 0.05) is 30.6 Å². The van der Waals surface area contributed by atoms with Gasteiger partial charge < -0.3 is 11.1 Å². The Hall–Kier alpha value is -1.43. The van der Waals surface area contributed by atoms with Gasteiger partial charge in [-0.15, -0.1) is 12.4 Å². The number of hydrogen-bond donors (Lipinski definition) is 2. The number of benzene rings is 1. The second kappa shape index (κ2) is 6.36. The SMILES string of the molecule is Cl.Nc1nc(CN2CCC3CCC(C2)N3)nc2ccccc12. The normalized spacial score (nSPS) is 24.9. The molecule has 3 N–H and O–H groups in total. The van der Waals surface area contributed by atoms with E-state index < -0.39 is 0 Å². The third-order valence-electron chi connectivity index (χ3n) is 4.65. The lowest BCUT2D eigenvalue weighted by Crippen LogP contribution is -2.35. The number of fused-ring (bicyclic) bond motifs is 3. The van der Waals surface area contributed by atoms with Crippen molar-refractivity contribution in [3.05, 3.63) is 30.1 Å². The fourth-order valence-corrected chi connectivity index (χ4v) is 3.58. The van der Waals surface area contributed by atoms with Crippen LogP contribution in [0, 0.1) is 0 Å². The summed E-state index contributed by atoms with van der Waals surface area (Å²) in [6.07, 6.45) is 3.85. The lowest BCUT2D eigenvalue weighted by atomic mass is 10.1. The van der Waals surface area contributed by atoms with E-state index in [1.165, 1.54) is 19.3 Å². The largest absolute Gasteiger partial charge is 0.383 e. The van der Waals surface area contributed by atoms with Crippen LogP contribution in [0.4, 0.5) is 5.82 Å². The number of hydrogen-bond acceptors (Lipinski definition) is 5. The Morgan fingerprint density at radius 3 is 2.86 bits per heavy atom. The molecule has 2 bridgehead atoms. The van der Waals surface area contributed by atoms with Crippen LogP contribution >= 0.6 is 12.4 Å². The summed E-state index contributed by atoms with van der Waals surface area (Å²) >= 11 is 0. The van der Waals surface area contributed by atoms with Gasteiger partial charge in [-0.3, -0.25) is 4.90 Å². The van der Waals surface area contributed by atoms with Crippen LogP contribution < -0.4 is 11.1 Å². The number of anilines is 1. The van der Waals surface area contributed by atoms with E-state index >= 15 is 0 Å². The molecule has 2 aromatic rings. The average molecular weight is 320 g/mol. The molecule has 2 fully saturated rings. The number of rotatable bonds is 2. The lowest BCUT2D eigenvalue weighted by Gasteiger charge is -2.23. The Balaban J connectivity index is 0.00000144. The van der Waals surface area contributed by atoms with Gasteiger partial charge in [0.25, 0.3) is 0 Å². The van der Waals surface area contributed by atoms with Gasteiger partial charge in [-0.2, -0.15) is 0 Å². The van der Waals surface area contributed by atoms with Crippen LogP contribution in [0.3, 0.4) is 0 Å². The number of likely N-dealkylation sites (tertiary alicyclic amines) is 1. The summed E-state index contributed by atoms with van der Waals surface area (Å²) in [6, 6.07) is 9.29. The van der Waals surface area contributed by atoms with Crippen LogP contribution in [-0.2, 0) is 6.54 Å². The molecule has 0 aliphatic carbocycles. The smallest absolute Gasteiger partial charge is 0.145 e. The Morgan fingerprint density at radius 1 is 1.14 bits per heavy atom. The molecule has 0 spiro atoms. The van der Waals surface area contributed by atoms with Crippen molar-refractivity contribution in [2.75, 3.05) is 18.8 Å². The van der Waals surface area contributed by atoms with Crippen molar-refractivity contribution >= 4 is 29.1 Å². The molecule has 118 valence electrons. The van der Waals surface area contributed by atoms with Gasteiger partial charge in [0.05, 0.1) is 12.1 Å². The van der Waals surface area contributed by atoms with Crippen molar-refractivity contribution in [1.82, 2.24) is 20.2 Å². The average Bonchev–Trinajstić information content (AvgIpc) is 2.82. The van der Waals surface area contributed by atoms with Crippen LogP contribution in [0.1, 0.15) is 25.1 Å². The number of nitrogen functional groups attached to an aromatic ring is 1. The van der Waals surface area contributed by atoms with Crippen molar-refractivity contribution in [1.29, 1.82) is 0 Å². The molecule has 1 aromatic heterocycles. The van der Waals surface area contributed by atoms with E-state index in [9.17, 15) is 0 Å². The molecule has 3 heterocycles. The third-order valence-corrected chi connectivity index (χ3v) is 4.65. The summed E-state index contributed by atoms with van der Waals surface area (Å²) in [7, 11) is 0. The number of nitrogens with one attached hydrogen (secondary N) is 1. The fourth-order valence-electron chi connectivity index (χ4n) is 3.58. The molecular weight excluding hydrogens is 298 g/mol. The van der Waals surface area contributed by atoms with Crippen LogP contribution in [0.2, 0.25) is 0 Å². The number of nitrogens with zero attached hydrogens (tertiary/aromatic N) is 3. The van der Waals surface area contributed by atoms with E-state index in [1.54, 1.807) is 0 Å². The third kappa shape index (κ3) is 3.02. The zero-order valence-electron chi connectivity index (χ0n) is 12.5. The molecule has 2 unspecified atom stereocenters. The highest BCUT2D eigenvalue weighted by atomic mass is 35.5. The topological polar surface area (TPSA) is 67.1 Å². The van der Waals surface area contributed by atoms with Crippen molar-refractivity contribution in [3.8, 4) is 0 Å². The van der Waals surface area contributed by atoms with Gasteiger partial charge in [-0.25, -0.2) is 9.97 Å².